The molecule has 0 aliphatic rings. The van der Waals surface area contributed by atoms with Gasteiger partial charge >= 0.3 is 0 Å². The van der Waals surface area contributed by atoms with E-state index in [4.69, 9.17) is 15.5 Å². The predicted octanol–water partition coefficient (Wildman–Crippen LogP) is 2.70. The fourth-order valence-corrected chi connectivity index (χ4v) is 2.85. The lowest BCUT2D eigenvalue weighted by Crippen LogP contribution is -2.40. The standard InChI is InChI=1S/C18H25N5O/c1-5-24-10-14-22-15-16(23(14)11-18(2,3)20-4)12-8-6-7-9-13(12)21-17(15)19/h6-9,20H,5,10-11H2,1-4H3,(H2,19,21). The molecule has 2 heterocycles. The second-order valence-corrected chi connectivity index (χ2v) is 6.60. The van der Waals surface area contributed by atoms with Gasteiger partial charge in [0.15, 0.2) is 5.82 Å². The summed E-state index contributed by atoms with van der Waals surface area (Å²) in [6, 6.07) is 8.04. The number of ether oxygens (including phenoxy) is 1. The van der Waals surface area contributed by atoms with Crippen LogP contribution in [-0.4, -0.2) is 33.7 Å². The molecule has 0 saturated heterocycles. The van der Waals surface area contributed by atoms with Crippen molar-refractivity contribution in [3.8, 4) is 0 Å². The second-order valence-electron chi connectivity index (χ2n) is 6.60. The molecule has 3 N–H and O–H groups in total. The summed E-state index contributed by atoms with van der Waals surface area (Å²) in [5.74, 6) is 1.34. The van der Waals surface area contributed by atoms with Crippen molar-refractivity contribution < 1.29 is 4.74 Å². The highest BCUT2D eigenvalue weighted by Crippen LogP contribution is 2.30. The minimum atomic E-state index is -0.0896. The largest absolute Gasteiger partial charge is 0.382 e. The first-order valence-electron chi connectivity index (χ1n) is 8.27. The number of nitrogens with zero attached hydrogens (tertiary/aromatic N) is 3. The molecule has 0 aliphatic heterocycles. The lowest BCUT2D eigenvalue weighted by molar-refractivity contribution is 0.124. The van der Waals surface area contributed by atoms with Crippen LogP contribution in [0.15, 0.2) is 24.3 Å². The molecular formula is C18H25N5O. The van der Waals surface area contributed by atoms with E-state index in [1.807, 2.05) is 32.2 Å². The Morgan fingerprint density at radius 2 is 2.00 bits per heavy atom. The Labute approximate surface area is 142 Å². The predicted molar refractivity (Wildman–Crippen MR) is 97.9 cm³/mol. The maximum Gasteiger partial charge on any atom is 0.152 e. The maximum atomic E-state index is 6.19. The highest BCUT2D eigenvalue weighted by Gasteiger charge is 2.23. The number of rotatable bonds is 6. The second kappa shape index (κ2) is 6.37. The SMILES string of the molecule is CCOCc1nc2c(N)nc3ccccc3c2n1CC(C)(C)NC. The summed E-state index contributed by atoms with van der Waals surface area (Å²) in [7, 11) is 1.97. The van der Waals surface area contributed by atoms with Crippen LogP contribution >= 0.6 is 0 Å². The highest BCUT2D eigenvalue weighted by atomic mass is 16.5. The minimum Gasteiger partial charge on any atom is -0.382 e. The number of likely N-dealkylation sites (N-methyl/N-ethyl adjacent to an activating group) is 1. The van der Waals surface area contributed by atoms with E-state index in [9.17, 15) is 0 Å². The molecule has 0 atom stereocenters. The lowest BCUT2D eigenvalue weighted by Gasteiger charge is -2.26. The molecule has 0 saturated carbocycles. The van der Waals surface area contributed by atoms with Gasteiger partial charge in [-0.2, -0.15) is 0 Å². The number of nitrogens with two attached hydrogens (primary N) is 1. The summed E-state index contributed by atoms with van der Waals surface area (Å²) in [6.07, 6.45) is 0. The van der Waals surface area contributed by atoms with Crippen LogP contribution in [0.1, 0.15) is 26.6 Å². The average Bonchev–Trinajstić information content (AvgIpc) is 2.92. The van der Waals surface area contributed by atoms with E-state index < -0.39 is 0 Å². The van der Waals surface area contributed by atoms with Crippen molar-refractivity contribution in [3.05, 3.63) is 30.1 Å². The zero-order chi connectivity index (χ0) is 17.3. The van der Waals surface area contributed by atoms with Gasteiger partial charge in [0.1, 0.15) is 17.9 Å². The molecular weight excluding hydrogens is 302 g/mol. The third kappa shape index (κ3) is 2.95. The van der Waals surface area contributed by atoms with Crippen molar-refractivity contribution in [1.82, 2.24) is 19.9 Å². The first-order chi connectivity index (χ1) is 11.5. The monoisotopic (exact) mass is 327 g/mol. The number of hydrogen-bond donors (Lipinski definition) is 2. The zero-order valence-electron chi connectivity index (χ0n) is 14.8. The van der Waals surface area contributed by atoms with Crippen LogP contribution in [0, 0.1) is 0 Å². The molecule has 24 heavy (non-hydrogen) atoms. The van der Waals surface area contributed by atoms with Gasteiger partial charge in [-0.25, -0.2) is 9.97 Å². The van der Waals surface area contributed by atoms with Crippen LogP contribution in [0.25, 0.3) is 21.9 Å². The van der Waals surface area contributed by atoms with Gasteiger partial charge in [0.05, 0.1) is 11.0 Å². The Morgan fingerprint density at radius 3 is 2.71 bits per heavy atom. The van der Waals surface area contributed by atoms with Crippen LogP contribution in [0.5, 0.6) is 0 Å². The molecule has 0 aliphatic carbocycles. The molecule has 3 rings (SSSR count). The Kier molecular flexibility index (Phi) is 4.43. The van der Waals surface area contributed by atoms with Crippen molar-refractivity contribution in [1.29, 1.82) is 0 Å². The third-order valence-electron chi connectivity index (χ3n) is 4.35. The number of fused-ring (bicyclic) bond motifs is 3. The molecule has 6 heteroatoms. The molecule has 0 unspecified atom stereocenters. The molecule has 2 aromatic heterocycles. The van der Waals surface area contributed by atoms with E-state index in [2.05, 4.69) is 34.8 Å². The first-order valence-corrected chi connectivity index (χ1v) is 8.27. The number of aromatic nitrogens is 3. The number of hydrogen-bond acceptors (Lipinski definition) is 5. The van der Waals surface area contributed by atoms with E-state index >= 15 is 0 Å². The summed E-state index contributed by atoms with van der Waals surface area (Å²) < 4.78 is 7.84. The number of nitrogens with one attached hydrogen (secondary N) is 1. The van der Waals surface area contributed by atoms with Crippen LogP contribution in [0.2, 0.25) is 0 Å². The van der Waals surface area contributed by atoms with Gasteiger partial charge in [-0.05, 0) is 33.9 Å². The van der Waals surface area contributed by atoms with Crippen molar-refractivity contribution in [2.75, 3.05) is 19.4 Å². The van der Waals surface area contributed by atoms with E-state index in [0.717, 1.165) is 34.3 Å². The summed E-state index contributed by atoms with van der Waals surface area (Å²) in [5, 5.41) is 4.41. The van der Waals surface area contributed by atoms with Crippen molar-refractivity contribution in [2.24, 2.45) is 0 Å². The van der Waals surface area contributed by atoms with E-state index in [1.165, 1.54) is 0 Å². The van der Waals surface area contributed by atoms with Crippen molar-refractivity contribution in [2.45, 2.75) is 39.5 Å². The number of imidazole rings is 1. The summed E-state index contributed by atoms with van der Waals surface area (Å²) in [6.45, 7) is 8.17. The molecule has 6 nitrogen and oxygen atoms in total. The quantitative estimate of drug-likeness (QED) is 0.728. The van der Waals surface area contributed by atoms with Gasteiger partial charge in [-0.1, -0.05) is 18.2 Å². The Balaban J connectivity index is 2.30. The topological polar surface area (TPSA) is 78.0 Å². The number of nitrogen functional groups attached to an aromatic ring is 1. The van der Waals surface area contributed by atoms with Crippen LogP contribution in [0.4, 0.5) is 5.82 Å². The van der Waals surface area contributed by atoms with Crippen molar-refractivity contribution in [3.63, 3.8) is 0 Å². The lowest BCUT2D eigenvalue weighted by atomic mass is 10.1. The van der Waals surface area contributed by atoms with Crippen LogP contribution < -0.4 is 11.1 Å². The van der Waals surface area contributed by atoms with Gasteiger partial charge in [-0.15, -0.1) is 0 Å². The average molecular weight is 327 g/mol. The molecule has 0 radical (unpaired) electrons. The fourth-order valence-electron chi connectivity index (χ4n) is 2.85. The van der Waals surface area contributed by atoms with E-state index in [0.29, 0.717) is 19.0 Å². The van der Waals surface area contributed by atoms with E-state index in [-0.39, 0.29) is 5.54 Å². The number of para-hydroxylation sites is 1. The molecule has 3 aromatic rings. The van der Waals surface area contributed by atoms with Gasteiger partial charge in [0.2, 0.25) is 0 Å². The first kappa shape index (κ1) is 16.7. The van der Waals surface area contributed by atoms with E-state index in [1.54, 1.807) is 0 Å². The normalized spacial score (nSPS) is 12.3. The molecule has 0 bridgehead atoms. The summed E-state index contributed by atoms with van der Waals surface area (Å²) >= 11 is 0. The van der Waals surface area contributed by atoms with Crippen molar-refractivity contribution >= 4 is 27.8 Å². The molecule has 0 fully saturated rings. The van der Waals surface area contributed by atoms with Gasteiger partial charge < -0.3 is 20.4 Å². The number of anilines is 1. The smallest absolute Gasteiger partial charge is 0.152 e. The molecule has 0 spiro atoms. The third-order valence-corrected chi connectivity index (χ3v) is 4.35. The number of pyridine rings is 1. The molecule has 1 aromatic carbocycles. The van der Waals surface area contributed by atoms with Crippen LogP contribution in [-0.2, 0) is 17.9 Å². The Bertz CT molecular complexity index is 869. The summed E-state index contributed by atoms with van der Waals surface area (Å²) in [5.41, 5.74) is 8.75. The maximum absolute atomic E-state index is 6.19. The highest BCUT2D eigenvalue weighted by molar-refractivity contribution is 6.06. The fraction of sp³-hybridized carbons (Fsp3) is 0.444. The summed E-state index contributed by atoms with van der Waals surface area (Å²) in [4.78, 5) is 9.24. The number of benzene rings is 1. The van der Waals surface area contributed by atoms with Gasteiger partial charge in [0.25, 0.3) is 0 Å². The molecule has 0 amide bonds. The Hall–Kier alpha value is -2.18. The Morgan fingerprint density at radius 1 is 1.25 bits per heavy atom. The minimum absolute atomic E-state index is 0.0896. The van der Waals surface area contributed by atoms with Crippen LogP contribution in [0.3, 0.4) is 0 Å². The zero-order valence-corrected chi connectivity index (χ0v) is 14.8. The van der Waals surface area contributed by atoms with Gasteiger partial charge in [0, 0.05) is 24.1 Å². The van der Waals surface area contributed by atoms with Gasteiger partial charge in [-0.3, -0.25) is 0 Å². The molecule has 128 valence electrons.